The third-order valence-electron chi connectivity index (χ3n) is 3.48. The van der Waals surface area contributed by atoms with Crippen LogP contribution >= 0.6 is 0 Å². The zero-order valence-electron chi connectivity index (χ0n) is 12.6. The number of nitrogens with one attached hydrogen (secondary N) is 1. The number of alkyl halides is 2. The maximum Gasteiger partial charge on any atom is 0.387 e. The lowest BCUT2D eigenvalue weighted by Gasteiger charge is -2.29. The van der Waals surface area contributed by atoms with Gasteiger partial charge >= 0.3 is 6.61 Å². The highest BCUT2D eigenvalue weighted by molar-refractivity contribution is 5.78. The summed E-state index contributed by atoms with van der Waals surface area (Å²) in [6, 6.07) is 6.47. The van der Waals surface area contributed by atoms with Gasteiger partial charge in [0.05, 0.1) is 6.54 Å². The van der Waals surface area contributed by atoms with E-state index < -0.39 is 6.61 Å². The molecule has 1 heterocycles. The molecule has 0 spiro atoms. The number of piperazine rings is 1. The zero-order valence-corrected chi connectivity index (χ0v) is 12.6. The minimum absolute atomic E-state index is 0.113. The van der Waals surface area contributed by atoms with Gasteiger partial charge in [-0.1, -0.05) is 12.1 Å². The Hall–Kier alpha value is -1.73. The normalized spacial score (nSPS) is 15.4. The molecule has 1 amide bonds. The molecule has 0 radical (unpaired) electrons. The van der Waals surface area contributed by atoms with Gasteiger partial charge in [-0.05, 0) is 24.7 Å². The monoisotopic (exact) mass is 313 g/mol. The molecule has 1 N–H and O–H groups in total. The summed E-state index contributed by atoms with van der Waals surface area (Å²) in [5.41, 5.74) is 0.942. The summed E-state index contributed by atoms with van der Waals surface area (Å²) in [6.07, 6.45) is 0. The predicted octanol–water partition coefficient (Wildman–Crippen LogP) is 1.15. The summed E-state index contributed by atoms with van der Waals surface area (Å²) in [5, 5.41) is 3.21. The molecule has 1 aliphatic rings. The van der Waals surface area contributed by atoms with Crippen molar-refractivity contribution in [1.82, 2.24) is 15.1 Å². The van der Waals surface area contributed by atoms with Crippen molar-refractivity contribution < 1.29 is 18.3 Å². The van der Waals surface area contributed by atoms with E-state index in [1.165, 1.54) is 12.1 Å². The maximum atomic E-state index is 12.1. The SMILES string of the molecule is CN(CC(=O)N1CCNCC1)Cc1ccc(OC(F)F)cc1. The maximum absolute atomic E-state index is 12.1. The van der Waals surface area contributed by atoms with E-state index in [0.717, 1.165) is 31.7 Å². The minimum Gasteiger partial charge on any atom is -0.435 e. The Morgan fingerprint density at radius 3 is 2.55 bits per heavy atom. The van der Waals surface area contributed by atoms with E-state index in [4.69, 9.17) is 0 Å². The predicted molar refractivity (Wildman–Crippen MR) is 78.9 cm³/mol. The summed E-state index contributed by atoms with van der Waals surface area (Å²) in [5.74, 6) is 0.250. The molecule has 22 heavy (non-hydrogen) atoms. The first-order chi connectivity index (χ1) is 10.5. The van der Waals surface area contributed by atoms with E-state index in [9.17, 15) is 13.6 Å². The molecule has 0 aromatic heterocycles. The first-order valence-corrected chi connectivity index (χ1v) is 7.25. The average molecular weight is 313 g/mol. The number of likely N-dealkylation sites (N-methyl/N-ethyl adjacent to an activating group) is 1. The lowest BCUT2D eigenvalue weighted by atomic mass is 10.2. The second-order valence-electron chi connectivity index (χ2n) is 5.33. The molecule has 0 bridgehead atoms. The fourth-order valence-corrected chi connectivity index (χ4v) is 2.39. The summed E-state index contributed by atoms with van der Waals surface area (Å²) >= 11 is 0. The molecular weight excluding hydrogens is 292 g/mol. The second kappa shape index (κ2) is 8.05. The smallest absolute Gasteiger partial charge is 0.387 e. The number of nitrogens with zero attached hydrogens (tertiary/aromatic N) is 2. The van der Waals surface area contributed by atoms with E-state index in [1.54, 1.807) is 12.1 Å². The van der Waals surface area contributed by atoms with Crippen LogP contribution in [0.4, 0.5) is 8.78 Å². The third-order valence-corrected chi connectivity index (χ3v) is 3.48. The van der Waals surface area contributed by atoms with Crippen LogP contribution in [0, 0.1) is 0 Å². The van der Waals surface area contributed by atoms with Gasteiger partial charge in [-0.15, -0.1) is 0 Å². The highest BCUT2D eigenvalue weighted by Crippen LogP contribution is 2.15. The first kappa shape index (κ1) is 16.6. The van der Waals surface area contributed by atoms with Crippen molar-refractivity contribution in [2.24, 2.45) is 0 Å². The van der Waals surface area contributed by atoms with Gasteiger partial charge in [-0.2, -0.15) is 8.78 Å². The largest absolute Gasteiger partial charge is 0.435 e. The molecule has 1 aromatic carbocycles. The molecule has 1 saturated heterocycles. The van der Waals surface area contributed by atoms with E-state index in [-0.39, 0.29) is 11.7 Å². The van der Waals surface area contributed by atoms with Gasteiger partial charge in [0.25, 0.3) is 0 Å². The van der Waals surface area contributed by atoms with Gasteiger partial charge < -0.3 is 15.0 Å². The number of hydrogen-bond acceptors (Lipinski definition) is 4. The number of hydrogen-bond donors (Lipinski definition) is 1. The quantitative estimate of drug-likeness (QED) is 0.856. The number of carbonyl (C=O) groups is 1. The van der Waals surface area contributed by atoms with Gasteiger partial charge in [0.1, 0.15) is 5.75 Å². The van der Waals surface area contributed by atoms with Crippen LogP contribution in [-0.4, -0.2) is 62.1 Å². The molecule has 0 saturated carbocycles. The van der Waals surface area contributed by atoms with Crippen LogP contribution in [-0.2, 0) is 11.3 Å². The Bertz CT molecular complexity index is 476. The van der Waals surface area contributed by atoms with E-state index in [0.29, 0.717) is 13.1 Å². The van der Waals surface area contributed by atoms with Crippen molar-refractivity contribution in [3.05, 3.63) is 29.8 Å². The van der Waals surface area contributed by atoms with E-state index >= 15 is 0 Å². The molecular formula is C15H21F2N3O2. The van der Waals surface area contributed by atoms with Gasteiger partial charge in [0, 0.05) is 32.7 Å². The van der Waals surface area contributed by atoms with Crippen molar-refractivity contribution in [1.29, 1.82) is 0 Å². The zero-order chi connectivity index (χ0) is 15.9. The van der Waals surface area contributed by atoms with Crippen LogP contribution in [0.1, 0.15) is 5.56 Å². The molecule has 0 atom stereocenters. The molecule has 1 fully saturated rings. The Morgan fingerprint density at radius 2 is 1.95 bits per heavy atom. The molecule has 7 heteroatoms. The fraction of sp³-hybridized carbons (Fsp3) is 0.533. The van der Waals surface area contributed by atoms with Crippen molar-refractivity contribution in [2.45, 2.75) is 13.2 Å². The summed E-state index contributed by atoms with van der Waals surface area (Å²) in [6.45, 7) is 1.26. The van der Waals surface area contributed by atoms with Crippen LogP contribution in [0.3, 0.4) is 0 Å². The number of rotatable bonds is 6. The fourth-order valence-electron chi connectivity index (χ4n) is 2.39. The van der Waals surface area contributed by atoms with Crippen LogP contribution < -0.4 is 10.1 Å². The van der Waals surface area contributed by atoms with Crippen LogP contribution in [0.5, 0.6) is 5.75 Å². The molecule has 0 aliphatic carbocycles. The Labute approximate surface area is 128 Å². The van der Waals surface area contributed by atoms with Gasteiger partial charge in [0.2, 0.25) is 5.91 Å². The number of benzene rings is 1. The third kappa shape index (κ3) is 5.23. The van der Waals surface area contributed by atoms with Crippen molar-refractivity contribution in [2.75, 3.05) is 39.8 Å². The summed E-state index contributed by atoms with van der Waals surface area (Å²) < 4.78 is 28.5. The minimum atomic E-state index is -2.81. The number of halogens is 2. The molecule has 0 unspecified atom stereocenters. The molecule has 2 rings (SSSR count). The topological polar surface area (TPSA) is 44.8 Å². The second-order valence-corrected chi connectivity index (χ2v) is 5.33. The Kier molecular flexibility index (Phi) is 6.09. The first-order valence-electron chi connectivity index (χ1n) is 7.25. The molecule has 1 aromatic rings. The highest BCUT2D eigenvalue weighted by atomic mass is 19.3. The Balaban J connectivity index is 1.80. The van der Waals surface area contributed by atoms with Crippen molar-refractivity contribution in [3.8, 4) is 5.75 Å². The average Bonchev–Trinajstić information content (AvgIpc) is 2.49. The number of carbonyl (C=O) groups excluding carboxylic acids is 1. The highest BCUT2D eigenvalue weighted by Gasteiger charge is 2.17. The van der Waals surface area contributed by atoms with Crippen LogP contribution in [0.15, 0.2) is 24.3 Å². The van der Waals surface area contributed by atoms with E-state index in [2.05, 4.69) is 10.1 Å². The molecule has 1 aliphatic heterocycles. The van der Waals surface area contributed by atoms with E-state index in [1.807, 2.05) is 16.8 Å². The number of ether oxygens (including phenoxy) is 1. The van der Waals surface area contributed by atoms with Gasteiger partial charge in [-0.25, -0.2) is 0 Å². The van der Waals surface area contributed by atoms with Crippen LogP contribution in [0.25, 0.3) is 0 Å². The van der Waals surface area contributed by atoms with Crippen LogP contribution in [0.2, 0.25) is 0 Å². The molecule has 5 nitrogen and oxygen atoms in total. The van der Waals surface area contributed by atoms with Gasteiger partial charge in [0.15, 0.2) is 0 Å². The van der Waals surface area contributed by atoms with Crippen molar-refractivity contribution in [3.63, 3.8) is 0 Å². The van der Waals surface area contributed by atoms with Crippen molar-refractivity contribution >= 4 is 5.91 Å². The Morgan fingerprint density at radius 1 is 1.32 bits per heavy atom. The summed E-state index contributed by atoms with van der Waals surface area (Å²) in [4.78, 5) is 15.9. The lowest BCUT2D eigenvalue weighted by Crippen LogP contribution is -2.49. The van der Waals surface area contributed by atoms with Gasteiger partial charge in [-0.3, -0.25) is 9.69 Å². The summed E-state index contributed by atoms with van der Waals surface area (Å²) in [7, 11) is 1.86. The molecule has 122 valence electrons. The standard InChI is InChI=1S/C15H21F2N3O2/c1-19(11-14(21)20-8-6-18-7-9-20)10-12-2-4-13(5-3-12)22-15(16)17/h2-5,15,18H,6-11H2,1H3. The number of amides is 1. The lowest BCUT2D eigenvalue weighted by molar-refractivity contribution is -0.132.